The lowest BCUT2D eigenvalue weighted by molar-refractivity contribution is 0.0922. The normalized spacial score (nSPS) is 14.9. The Bertz CT molecular complexity index is 875. The molecule has 0 saturated heterocycles. The lowest BCUT2D eigenvalue weighted by Crippen LogP contribution is -2.41. The standard InChI is InChI=1S/C20H23F2N3O2/c1-2-14(23-20(27)19-15(21)8-6-9-16(19)22)12-25-18(26)11-13-7-4-3-5-10-17(13)24-25/h6,8-9,11,14H,2-5,7,10,12H2,1H3,(H,23,27)/t14-/m0/s1. The highest BCUT2D eigenvalue weighted by molar-refractivity contribution is 5.94. The number of carbonyl (C=O) groups is 1. The van der Waals surface area contributed by atoms with E-state index in [0.717, 1.165) is 55.5 Å². The van der Waals surface area contributed by atoms with Crippen molar-refractivity contribution in [3.8, 4) is 0 Å². The molecule has 1 aromatic carbocycles. The van der Waals surface area contributed by atoms with Gasteiger partial charge in [0, 0.05) is 12.1 Å². The number of nitrogens with zero attached hydrogens (tertiary/aromatic N) is 2. The van der Waals surface area contributed by atoms with E-state index in [0.29, 0.717) is 6.42 Å². The number of nitrogens with one attached hydrogen (secondary N) is 1. The van der Waals surface area contributed by atoms with Gasteiger partial charge in [-0.2, -0.15) is 5.10 Å². The highest BCUT2D eigenvalue weighted by Gasteiger charge is 2.21. The van der Waals surface area contributed by atoms with Crippen molar-refractivity contribution in [2.45, 2.75) is 58.0 Å². The first-order valence-electron chi connectivity index (χ1n) is 9.34. The lowest BCUT2D eigenvalue weighted by Gasteiger charge is -2.19. The van der Waals surface area contributed by atoms with E-state index >= 15 is 0 Å². The third-order valence-electron chi connectivity index (χ3n) is 4.94. The van der Waals surface area contributed by atoms with E-state index in [1.54, 1.807) is 6.07 Å². The van der Waals surface area contributed by atoms with E-state index in [2.05, 4.69) is 10.4 Å². The molecule has 0 fully saturated rings. The summed E-state index contributed by atoms with van der Waals surface area (Å²) in [6.07, 6.45) is 5.40. The predicted molar refractivity (Wildman–Crippen MR) is 97.7 cm³/mol. The van der Waals surface area contributed by atoms with Gasteiger partial charge in [0.1, 0.15) is 17.2 Å². The van der Waals surface area contributed by atoms with Crippen LogP contribution in [0.1, 0.15) is 54.2 Å². The zero-order valence-corrected chi connectivity index (χ0v) is 15.3. The Balaban J connectivity index is 1.78. The van der Waals surface area contributed by atoms with Gasteiger partial charge in [-0.1, -0.05) is 19.4 Å². The van der Waals surface area contributed by atoms with Gasteiger partial charge < -0.3 is 5.32 Å². The SMILES string of the molecule is CC[C@@H](Cn1nc2c(cc1=O)CCCCC2)NC(=O)c1c(F)cccc1F. The average Bonchev–Trinajstić information content (AvgIpc) is 2.86. The van der Waals surface area contributed by atoms with Gasteiger partial charge in [0.2, 0.25) is 0 Å². The summed E-state index contributed by atoms with van der Waals surface area (Å²) in [4.78, 5) is 24.7. The molecule has 0 spiro atoms. The Kier molecular flexibility index (Phi) is 5.98. The molecule has 144 valence electrons. The monoisotopic (exact) mass is 375 g/mol. The van der Waals surface area contributed by atoms with Crippen LogP contribution in [0.4, 0.5) is 8.78 Å². The van der Waals surface area contributed by atoms with Gasteiger partial charge in [0.05, 0.1) is 12.2 Å². The average molecular weight is 375 g/mol. The van der Waals surface area contributed by atoms with Crippen LogP contribution in [0.5, 0.6) is 0 Å². The Hall–Kier alpha value is -2.57. The van der Waals surface area contributed by atoms with Crippen LogP contribution in [0.25, 0.3) is 0 Å². The molecule has 5 nitrogen and oxygen atoms in total. The first-order valence-corrected chi connectivity index (χ1v) is 9.34. The van der Waals surface area contributed by atoms with Gasteiger partial charge in [-0.25, -0.2) is 13.5 Å². The Labute approximate surface area is 156 Å². The topological polar surface area (TPSA) is 64.0 Å². The summed E-state index contributed by atoms with van der Waals surface area (Å²) in [5, 5.41) is 7.09. The van der Waals surface area contributed by atoms with E-state index in [9.17, 15) is 18.4 Å². The number of hydrogen-bond donors (Lipinski definition) is 1. The molecule has 2 aromatic rings. The van der Waals surface area contributed by atoms with Crippen LogP contribution in [-0.2, 0) is 19.4 Å². The van der Waals surface area contributed by atoms with Crippen LogP contribution in [0, 0.1) is 11.6 Å². The van der Waals surface area contributed by atoms with E-state index in [1.807, 2.05) is 6.92 Å². The van der Waals surface area contributed by atoms with Crippen molar-refractivity contribution >= 4 is 5.91 Å². The summed E-state index contributed by atoms with van der Waals surface area (Å²) >= 11 is 0. The molecule has 1 aromatic heterocycles. The quantitative estimate of drug-likeness (QED) is 0.817. The largest absolute Gasteiger partial charge is 0.347 e. The van der Waals surface area contributed by atoms with Crippen molar-refractivity contribution < 1.29 is 13.6 Å². The minimum Gasteiger partial charge on any atom is -0.347 e. The molecular weight excluding hydrogens is 352 g/mol. The van der Waals surface area contributed by atoms with E-state index < -0.39 is 29.1 Å². The number of aromatic nitrogens is 2. The molecule has 0 radical (unpaired) electrons. The highest BCUT2D eigenvalue weighted by atomic mass is 19.1. The van der Waals surface area contributed by atoms with Crippen molar-refractivity contribution in [3.05, 3.63) is 63.1 Å². The van der Waals surface area contributed by atoms with Crippen LogP contribution in [0.3, 0.4) is 0 Å². The Morgan fingerprint density at radius 3 is 2.63 bits per heavy atom. The number of halogens is 2. The molecule has 1 aliphatic carbocycles. The molecule has 0 bridgehead atoms. The van der Waals surface area contributed by atoms with Gasteiger partial charge in [-0.05, 0) is 49.8 Å². The highest BCUT2D eigenvalue weighted by Crippen LogP contribution is 2.17. The minimum absolute atomic E-state index is 0.157. The summed E-state index contributed by atoms with van der Waals surface area (Å²) < 4.78 is 29.0. The molecule has 0 unspecified atom stereocenters. The van der Waals surface area contributed by atoms with Crippen LogP contribution in [0.15, 0.2) is 29.1 Å². The van der Waals surface area contributed by atoms with Gasteiger partial charge in [0.25, 0.3) is 11.5 Å². The maximum atomic E-state index is 13.8. The van der Waals surface area contributed by atoms with Crippen molar-refractivity contribution in [1.29, 1.82) is 0 Å². The van der Waals surface area contributed by atoms with Gasteiger partial charge in [0.15, 0.2) is 0 Å². The molecule has 0 saturated carbocycles. The van der Waals surface area contributed by atoms with Gasteiger partial charge >= 0.3 is 0 Å². The Morgan fingerprint density at radius 2 is 1.93 bits per heavy atom. The van der Waals surface area contributed by atoms with Crippen LogP contribution >= 0.6 is 0 Å². The molecule has 1 heterocycles. The summed E-state index contributed by atoms with van der Waals surface area (Å²) in [7, 11) is 0. The van der Waals surface area contributed by atoms with E-state index in [4.69, 9.17) is 0 Å². The van der Waals surface area contributed by atoms with Crippen LogP contribution in [0.2, 0.25) is 0 Å². The van der Waals surface area contributed by atoms with Crippen molar-refractivity contribution in [1.82, 2.24) is 15.1 Å². The molecule has 1 amide bonds. The Morgan fingerprint density at radius 1 is 1.22 bits per heavy atom. The fourth-order valence-corrected chi connectivity index (χ4v) is 3.37. The second-order valence-electron chi connectivity index (χ2n) is 6.87. The molecule has 7 heteroatoms. The molecule has 3 rings (SSSR count). The van der Waals surface area contributed by atoms with Gasteiger partial charge in [-0.15, -0.1) is 0 Å². The first kappa shape index (κ1) is 19.2. The fraction of sp³-hybridized carbons (Fsp3) is 0.450. The van der Waals surface area contributed by atoms with Crippen LogP contribution in [-0.4, -0.2) is 21.7 Å². The second-order valence-corrected chi connectivity index (χ2v) is 6.87. The summed E-state index contributed by atoms with van der Waals surface area (Å²) in [6.45, 7) is 1.99. The number of hydrogen-bond acceptors (Lipinski definition) is 3. The van der Waals surface area contributed by atoms with Crippen molar-refractivity contribution in [2.24, 2.45) is 0 Å². The number of aryl methyl sites for hydroxylation is 2. The third kappa shape index (κ3) is 4.40. The van der Waals surface area contributed by atoms with E-state index in [1.165, 1.54) is 10.7 Å². The molecule has 1 aliphatic rings. The second kappa shape index (κ2) is 8.41. The van der Waals surface area contributed by atoms with E-state index in [-0.39, 0.29) is 12.1 Å². The van der Waals surface area contributed by atoms with Crippen molar-refractivity contribution in [2.75, 3.05) is 0 Å². The lowest BCUT2D eigenvalue weighted by atomic mass is 10.1. The zero-order valence-electron chi connectivity index (χ0n) is 15.3. The van der Waals surface area contributed by atoms with Crippen LogP contribution < -0.4 is 10.9 Å². The maximum absolute atomic E-state index is 13.8. The molecule has 0 aliphatic heterocycles. The predicted octanol–water partition coefficient (Wildman–Crippen LogP) is 3.00. The summed E-state index contributed by atoms with van der Waals surface area (Å²) in [6, 6.07) is 4.44. The maximum Gasteiger partial charge on any atom is 0.267 e. The smallest absolute Gasteiger partial charge is 0.267 e. The first-order chi connectivity index (χ1) is 13.0. The third-order valence-corrected chi connectivity index (χ3v) is 4.94. The number of rotatable bonds is 5. The summed E-state index contributed by atoms with van der Waals surface area (Å²) in [5.74, 6) is -2.66. The minimum atomic E-state index is -0.914. The molecule has 27 heavy (non-hydrogen) atoms. The number of carbonyl (C=O) groups excluding carboxylic acids is 1. The summed E-state index contributed by atoms with van der Waals surface area (Å²) in [5.41, 5.74) is 1.09. The number of fused-ring (bicyclic) bond motifs is 1. The number of amides is 1. The molecule has 1 N–H and O–H groups in total. The molecular formula is C20H23F2N3O2. The fourth-order valence-electron chi connectivity index (χ4n) is 3.37. The van der Waals surface area contributed by atoms with Gasteiger partial charge in [-0.3, -0.25) is 9.59 Å². The number of benzene rings is 1. The molecule has 1 atom stereocenters. The van der Waals surface area contributed by atoms with Crippen molar-refractivity contribution in [3.63, 3.8) is 0 Å². The zero-order chi connectivity index (χ0) is 19.4.